The number of thioether (sulfide) groups is 1. The van der Waals surface area contributed by atoms with Gasteiger partial charge in [-0.3, -0.25) is 4.79 Å². The number of hydrogen-bond acceptors (Lipinski definition) is 5. The molecule has 18 heavy (non-hydrogen) atoms. The third kappa shape index (κ3) is 14.5. The molecule has 0 aromatic carbocycles. The van der Waals surface area contributed by atoms with Crippen LogP contribution in [0.25, 0.3) is 0 Å². The average Bonchev–Trinajstić information content (AvgIpc) is 2.28. The molecule has 0 saturated heterocycles. The summed E-state index contributed by atoms with van der Waals surface area (Å²) in [6.45, 7) is -0.0687. The van der Waals surface area contributed by atoms with Crippen LogP contribution in [0, 0.1) is 0 Å². The molecule has 1 unspecified atom stereocenters. The van der Waals surface area contributed by atoms with Crippen molar-refractivity contribution in [3.05, 3.63) is 0 Å². The minimum Gasteiger partial charge on any atom is -0.801 e. The first-order valence-electron chi connectivity index (χ1n) is 6.14. The highest BCUT2D eigenvalue weighted by Gasteiger charge is 1.99. The van der Waals surface area contributed by atoms with Crippen LogP contribution < -0.4 is 10.2 Å². The summed E-state index contributed by atoms with van der Waals surface area (Å²) in [5.74, 6) is 1.01. The van der Waals surface area contributed by atoms with Crippen molar-refractivity contribution in [3.8, 4) is 0 Å². The molecule has 1 amide bonds. The molecule has 4 nitrogen and oxygen atoms in total. The van der Waals surface area contributed by atoms with Crippen molar-refractivity contribution in [3.63, 3.8) is 0 Å². The van der Waals surface area contributed by atoms with Gasteiger partial charge in [0.1, 0.15) is 0 Å². The molecular weight excluding hydrogens is 289 g/mol. The van der Waals surface area contributed by atoms with Gasteiger partial charge in [-0.15, -0.1) is 0 Å². The van der Waals surface area contributed by atoms with Crippen LogP contribution in [-0.4, -0.2) is 37.7 Å². The van der Waals surface area contributed by atoms with Crippen molar-refractivity contribution >= 4 is 36.0 Å². The average molecular weight is 312 g/mol. The molecule has 0 rings (SSSR count). The van der Waals surface area contributed by atoms with Gasteiger partial charge in [0.25, 0.3) is 0 Å². The topological polar surface area (TPSA) is 61.4 Å². The molecule has 0 aromatic rings. The summed E-state index contributed by atoms with van der Waals surface area (Å²) in [7, 11) is 0. The summed E-state index contributed by atoms with van der Waals surface area (Å²) in [6.07, 6.45) is 6.48. The van der Waals surface area contributed by atoms with Crippen LogP contribution in [0.3, 0.4) is 0 Å². The Bertz CT molecular complexity index is 271. The van der Waals surface area contributed by atoms with E-state index in [9.17, 15) is 9.69 Å². The van der Waals surface area contributed by atoms with Crippen LogP contribution in [0.2, 0.25) is 0 Å². The van der Waals surface area contributed by atoms with Gasteiger partial charge in [-0.25, -0.2) is 0 Å². The maximum Gasteiger partial charge on any atom is 0.220 e. The van der Waals surface area contributed by atoms with Gasteiger partial charge in [0, 0.05) is 18.7 Å². The summed E-state index contributed by atoms with van der Waals surface area (Å²) >= 11 is 6.33. The fourth-order valence-electron chi connectivity index (χ4n) is 1.32. The Morgan fingerprint density at radius 3 is 2.67 bits per heavy atom. The van der Waals surface area contributed by atoms with Gasteiger partial charge in [0.05, 0.1) is 6.61 Å². The lowest BCUT2D eigenvalue weighted by atomic mass is 10.2. The Morgan fingerprint density at radius 2 is 2.06 bits per heavy atom. The highest BCUT2D eigenvalue weighted by molar-refractivity contribution is 8.08. The number of carbonyl (C=O) groups is 1. The van der Waals surface area contributed by atoms with Gasteiger partial charge in [0.2, 0.25) is 5.91 Å². The van der Waals surface area contributed by atoms with Crippen molar-refractivity contribution in [2.75, 3.05) is 31.8 Å². The van der Waals surface area contributed by atoms with Crippen LogP contribution in [0.15, 0.2) is 0 Å². The van der Waals surface area contributed by atoms with E-state index in [1.807, 2.05) is 6.26 Å². The van der Waals surface area contributed by atoms with E-state index in [-0.39, 0.29) is 5.91 Å². The van der Waals surface area contributed by atoms with E-state index in [0.29, 0.717) is 13.0 Å². The van der Waals surface area contributed by atoms with Gasteiger partial charge in [-0.2, -0.15) is 11.8 Å². The van der Waals surface area contributed by atoms with Crippen LogP contribution in [0.4, 0.5) is 0 Å². The highest BCUT2D eigenvalue weighted by atomic mass is 32.5. The summed E-state index contributed by atoms with van der Waals surface area (Å²) in [4.78, 5) is 22.3. The third-order valence-corrected chi connectivity index (χ3v) is 3.83. The number of nitrogens with one attached hydrogen (secondary N) is 1. The molecule has 0 bridgehead atoms. The largest absolute Gasteiger partial charge is 0.801 e. The molecule has 0 fully saturated rings. The molecule has 0 spiro atoms. The number of carbonyl (C=O) groups excluding carboxylic acids is 1. The molecule has 0 aromatic heterocycles. The minimum atomic E-state index is -2.73. The zero-order valence-electron chi connectivity index (χ0n) is 11.1. The molecule has 0 aliphatic carbocycles. The monoisotopic (exact) mass is 312 g/mol. The first-order chi connectivity index (χ1) is 8.45. The predicted octanol–water partition coefficient (Wildman–Crippen LogP) is 1.73. The van der Waals surface area contributed by atoms with E-state index in [0.717, 1.165) is 38.0 Å². The number of amides is 1. The van der Waals surface area contributed by atoms with Crippen LogP contribution >= 0.6 is 18.3 Å². The summed E-state index contributed by atoms with van der Waals surface area (Å²) in [6, 6.07) is 0. The lowest BCUT2D eigenvalue weighted by molar-refractivity contribution is -0.180. The lowest BCUT2D eigenvalue weighted by Crippen LogP contribution is -2.24. The zero-order valence-corrected chi connectivity index (χ0v) is 13.7. The molecular formula is C11H23NO3PS2-. The Balaban J connectivity index is 3.21. The smallest absolute Gasteiger partial charge is 0.220 e. The van der Waals surface area contributed by atoms with Crippen molar-refractivity contribution in [2.24, 2.45) is 0 Å². The summed E-state index contributed by atoms with van der Waals surface area (Å²) in [5, 5.41) is 2.89. The van der Waals surface area contributed by atoms with Crippen LogP contribution in [-0.2, 0) is 21.1 Å². The first kappa shape index (κ1) is 18.4. The molecule has 0 heterocycles. The zero-order chi connectivity index (χ0) is 13.9. The van der Waals surface area contributed by atoms with Gasteiger partial charge in [-0.1, -0.05) is 24.6 Å². The molecule has 108 valence electrons. The SMILES string of the molecule is CSCCC(=O)NCCCCCCOP(C)([O-])=S. The second-order valence-corrected chi connectivity index (χ2v) is 8.89. The van der Waals surface area contributed by atoms with E-state index in [1.165, 1.54) is 6.66 Å². The second kappa shape index (κ2) is 11.2. The molecule has 0 aliphatic rings. The minimum absolute atomic E-state index is 0.130. The fraction of sp³-hybridized carbons (Fsp3) is 0.909. The van der Waals surface area contributed by atoms with E-state index in [1.54, 1.807) is 11.8 Å². The molecule has 0 radical (unpaired) electrons. The van der Waals surface area contributed by atoms with E-state index in [2.05, 4.69) is 17.1 Å². The quantitative estimate of drug-likeness (QED) is 0.465. The highest BCUT2D eigenvalue weighted by Crippen LogP contribution is 2.31. The Kier molecular flexibility index (Phi) is 11.5. The first-order valence-corrected chi connectivity index (χ1v) is 10.6. The number of unbranched alkanes of at least 4 members (excludes halogenated alkanes) is 3. The van der Waals surface area contributed by atoms with Gasteiger partial charge in [0.15, 0.2) is 0 Å². The summed E-state index contributed by atoms with van der Waals surface area (Å²) < 4.78 is 5.02. The predicted molar refractivity (Wildman–Crippen MR) is 80.6 cm³/mol. The molecule has 1 atom stereocenters. The Hall–Kier alpha value is 0.390. The van der Waals surface area contributed by atoms with E-state index in [4.69, 9.17) is 4.52 Å². The van der Waals surface area contributed by atoms with Gasteiger partial charge in [-0.05, 0) is 32.3 Å². The van der Waals surface area contributed by atoms with Crippen molar-refractivity contribution in [1.82, 2.24) is 5.32 Å². The van der Waals surface area contributed by atoms with Gasteiger partial charge >= 0.3 is 0 Å². The molecule has 1 N–H and O–H groups in total. The third-order valence-electron chi connectivity index (χ3n) is 2.25. The number of hydrogen-bond donors (Lipinski definition) is 1. The van der Waals surface area contributed by atoms with Crippen molar-refractivity contribution in [1.29, 1.82) is 0 Å². The van der Waals surface area contributed by atoms with Crippen LogP contribution in [0.1, 0.15) is 32.1 Å². The normalized spacial score (nSPS) is 14.2. The van der Waals surface area contributed by atoms with E-state index >= 15 is 0 Å². The fourth-order valence-corrected chi connectivity index (χ4v) is 2.40. The molecule has 7 heteroatoms. The van der Waals surface area contributed by atoms with Crippen molar-refractivity contribution in [2.45, 2.75) is 32.1 Å². The standard InChI is InChI=1S/C11H24NO3PS2/c1-16(14,17)15-9-6-4-3-5-8-12-11(13)7-10-18-2/h3-10H2,1-2H3,(H,12,13)(H,14,17)/p-1. The second-order valence-electron chi connectivity index (χ2n) is 4.11. The maximum absolute atomic E-state index is 11.3. The lowest BCUT2D eigenvalue weighted by Gasteiger charge is -2.22. The number of rotatable bonds is 11. The molecule has 0 aliphatic heterocycles. The summed E-state index contributed by atoms with van der Waals surface area (Å²) in [5.41, 5.74) is 0. The molecule has 0 saturated carbocycles. The van der Waals surface area contributed by atoms with Gasteiger partial charge < -0.3 is 14.7 Å². The van der Waals surface area contributed by atoms with E-state index < -0.39 is 6.49 Å². The van der Waals surface area contributed by atoms with Crippen LogP contribution in [0.5, 0.6) is 0 Å². The Morgan fingerprint density at radius 1 is 1.39 bits per heavy atom. The maximum atomic E-state index is 11.3. The van der Waals surface area contributed by atoms with Crippen molar-refractivity contribution < 1.29 is 14.2 Å². The Labute approximate surface area is 119 Å².